The van der Waals surface area contributed by atoms with Crippen LogP contribution in [-0.2, 0) is 11.2 Å². The van der Waals surface area contributed by atoms with Gasteiger partial charge in [-0.1, -0.05) is 13.8 Å². The molecule has 0 aliphatic carbocycles. The van der Waals surface area contributed by atoms with Crippen molar-refractivity contribution >= 4 is 11.7 Å². The van der Waals surface area contributed by atoms with Crippen LogP contribution in [0.4, 0.5) is 5.82 Å². The van der Waals surface area contributed by atoms with E-state index in [2.05, 4.69) is 17.2 Å². The van der Waals surface area contributed by atoms with E-state index in [-0.39, 0.29) is 5.91 Å². The summed E-state index contributed by atoms with van der Waals surface area (Å²) in [5.41, 5.74) is 1.63. The molecule has 0 fully saturated rings. The van der Waals surface area contributed by atoms with Crippen molar-refractivity contribution in [3.63, 3.8) is 0 Å². The number of hydrogen-bond donors (Lipinski definition) is 1. The Morgan fingerprint density at radius 3 is 2.67 bits per heavy atom. The normalized spacial score (nSPS) is 10.5. The average molecular weight is 293 g/mol. The number of pyridine rings is 1. The molecular weight excluding hydrogens is 266 g/mol. The predicted octanol–water partition coefficient (Wildman–Crippen LogP) is 2.57. The third kappa shape index (κ3) is 5.34. The largest absolute Gasteiger partial charge is 0.383 e. The Balaban J connectivity index is 2.95. The van der Waals surface area contributed by atoms with Crippen LogP contribution in [-0.4, -0.2) is 49.1 Å². The van der Waals surface area contributed by atoms with Crippen molar-refractivity contribution in [3.8, 4) is 0 Å². The molecule has 5 heteroatoms. The Kier molecular flexibility index (Phi) is 7.75. The minimum absolute atomic E-state index is 0.0335. The maximum atomic E-state index is 12.6. The van der Waals surface area contributed by atoms with Gasteiger partial charge in [0.05, 0.1) is 6.61 Å². The summed E-state index contributed by atoms with van der Waals surface area (Å²) in [5, 5.41) is 3.26. The summed E-state index contributed by atoms with van der Waals surface area (Å²) in [6, 6.07) is 3.72. The molecule has 5 nitrogen and oxygen atoms in total. The molecule has 0 unspecified atom stereocenters. The van der Waals surface area contributed by atoms with E-state index >= 15 is 0 Å². The fourth-order valence-corrected chi connectivity index (χ4v) is 2.02. The molecule has 1 heterocycles. The van der Waals surface area contributed by atoms with Crippen LogP contribution in [0.3, 0.4) is 0 Å². The van der Waals surface area contributed by atoms with E-state index in [4.69, 9.17) is 4.74 Å². The Labute approximate surface area is 127 Å². The Bertz CT molecular complexity index is 449. The molecule has 1 rings (SSSR count). The van der Waals surface area contributed by atoms with E-state index in [1.807, 2.05) is 26.0 Å². The van der Waals surface area contributed by atoms with Crippen molar-refractivity contribution in [2.45, 2.75) is 33.6 Å². The molecule has 0 spiro atoms. The number of carbonyl (C=O) groups is 1. The van der Waals surface area contributed by atoms with Crippen LogP contribution in [0.2, 0.25) is 0 Å². The van der Waals surface area contributed by atoms with Crippen LogP contribution in [0.15, 0.2) is 12.1 Å². The molecule has 0 aromatic carbocycles. The number of amides is 1. The quantitative estimate of drug-likeness (QED) is 0.760. The van der Waals surface area contributed by atoms with Gasteiger partial charge in [-0.25, -0.2) is 4.98 Å². The number of ether oxygens (including phenoxy) is 1. The lowest BCUT2D eigenvalue weighted by atomic mass is 10.1. The number of likely N-dealkylation sites (N-methyl/N-ethyl adjacent to an activating group) is 1. The molecule has 1 aromatic rings. The third-order valence-electron chi connectivity index (χ3n) is 3.28. The number of rotatable bonds is 9. The highest BCUT2D eigenvalue weighted by atomic mass is 16.5. The average Bonchev–Trinajstić information content (AvgIpc) is 2.52. The smallest absolute Gasteiger partial charge is 0.254 e. The van der Waals surface area contributed by atoms with Crippen LogP contribution in [0, 0.1) is 0 Å². The topological polar surface area (TPSA) is 54.5 Å². The summed E-state index contributed by atoms with van der Waals surface area (Å²) in [7, 11) is 1.65. The summed E-state index contributed by atoms with van der Waals surface area (Å²) in [6.45, 7) is 8.80. The van der Waals surface area contributed by atoms with E-state index in [0.717, 1.165) is 30.9 Å². The van der Waals surface area contributed by atoms with E-state index in [9.17, 15) is 4.79 Å². The highest BCUT2D eigenvalue weighted by Gasteiger charge is 2.15. The number of nitrogens with one attached hydrogen (secondary N) is 1. The van der Waals surface area contributed by atoms with Crippen molar-refractivity contribution in [1.82, 2.24) is 9.88 Å². The number of carbonyl (C=O) groups excluding carboxylic acids is 1. The maximum absolute atomic E-state index is 12.6. The minimum atomic E-state index is 0.0335. The third-order valence-corrected chi connectivity index (χ3v) is 3.28. The monoisotopic (exact) mass is 293 g/mol. The zero-order valence-electron chi connectivity index (χ0n) is 13.6. The lowest BCUT2D eigenvalue weighted by molar-refractivity contribution is 0.0706. The molecular formula is C16H27N3O2. The van der Waals surface area contributed by atoms with Crippen molar-refractivity contribution in [2.75, 3.05) is 38.7 Å². The summed E-state index contributed by atoms with van der Waals surface area (Å²) in [4.78, 5) is 18.9. The fraction of sp³-hybridized carbons (Fsp3) is 0.625. The van der Waals surface area contributed by atoms with E-state index in [1.165, 1.54) is 0 Å². The molecule has 0 aliphatic heterocycles. The molecule has 21 heavy (non-hydrogen) atoms. The van der Waals surface area contributed by atoms with E-state index in [0.29, 0.717) is 25.3 Å². The van der Waals surface area contributed by atoms with Crippen molar-refractivity contribution < 1.29 is 9.53 Å². The fourth-order valence-electron chi connectivity index (χ4n) is 2.02. The van der Waals surface area contributed by atoms with Crippen LogP contribution < -0.4 is 5.32 Å². The highest BCUT2D eigenvalue weighted by Crippen LogP contribution is 2.14. The Morgan fingerprint density at radius 2 is 2.10 bits per heavy atom. The van der Waals surface area contributed by atoms with E-state index in [1.54, 1.807) is 12.0 Å². The molecule has 0 radical (unpaired) electrons. The number of anilines is 1. The molecule has 0 atom stereocenters. The zero-order chi connectivity index (χ0) is 15.7. The van der Waals surface area contributed by atoms with Crippen LogP contribution in [0.1, 0.15) is 43.2 Å². The molecule has 1 N–H and O–H groups in total. The summed E-state index contributed by atoms with van der Waals surface area (Å²) < 4.78 is 5.06. The lowest BCUT2D eigenvalue weighted by Gasteiger charge is -2.21. The second kappa shape index (κ2) is 9.34. The molecule has 1 aromatic heterocycles. The Morgan fingerprint density at radius 1 is 1.33 bits per heavy atom. The van der Waals surface area contributed by atoms with E-state index < -0.39 is 0 Å². The number of methoxy groups -OCH3 is 1. The van der Waals surface area contributed by atoms with Gasteiger partial charge in [-0.3, -0.25) is 4.79 Å². The van der Waals surface area contributed by atoms with Gasteiger partial charge in [0.2, 0.25) is 0 Å². The molecule has 1 amide bonds. The number of hydrogen-bond acceptors (Lipinski definition) is 4. The van der Waals surface area contributed by atoms with Gasteiger partial charge in [-0.15, -0.1) is 0 Å². The van der Waals surface area contributed by atoms with Crippen molar-refractivity contribution in [3.05, 3.63) is 23.4 Å². The maximum Gasteiger partial charge on any atom is 0.254 e. The molecule has 0 saturated carbocycles. The lowest BCUT2D eigenvalue weighted by Crippen LogP contribution is -2.33. The second-order valence-electron chi connectivity index (χ2n) is 4.89. The molecule has 0 aliphatic rings. The first-order valence-electron chi connectivity index (χ1n) is 7.69. The van der Waals surface area contributed by atoms with Crippen molar-refractivity contribution in [2.24, 2.45) is 0 Å². The van der Waals surface area contributed by atoms with Gasteiger partial charge in [0.1, 0.15) is 5.82 Å². The first-order chi connectivity index (χ1) is 10.2. The number of nitrogens with zero attached hydrogens (tertiary/aromatic N) is 2. The number of aryl methyl sites for hydroxylation is 1. The first kappa shape index (κ1) is 17.4. The van der Waals surface area contributed by atoms with Gasteiger partial charge in [0, 0.05) is 38.0 Å². The van der Waals surface area contributed by atoms with Gasteiger partial charge < -0.3 is 15.0 Å². The van der Waals surface area contributed by atoms with Gasteiger partial charge in [0.15, 0.2) is 0 Å². The van der Waals surface area contributed by atoms with Crippen LogP contribution in [0.5, 0.6) is 0 Å². The molecule has 0 saturated heterocycles. The molecule has 0 bridgehead atoms. The number of aromatic nitrogens is 1. The predicted molar refractivity (Wildman–Crippen MR) is 85.8 cm³/mol. The zero-order valence-corrected chi connectivity index (χ0v) is 13.6. The van der Waals surface area contributed by atoms with Gasteiger partial charge in [-0.2, -0.15) is 0 Å². The van der Waals surface area contributed by atoms with Crippen molar-refractivity contribution in [1.29, 1.82) is 0 Å². The highest BCUT2D eigenvalue weighted by molar-refractivity contribution is 5.95. The summed E-state index contributed by atoms with van der Waals surface area (Å²) in [6.07, 6.45) is 1.84. The molecule has 118 valence electrons. The van der Waals surface area contributed by atoms with Crippen LogP contribution >= 0.6 is 0 Å². The SMILES string of the molecule is CCCNc1cc(C(=O)N(CC)CCOC)cc(CC)n1. The second-order valence-corrected chi connectivity index (χ2v) is 4.89. The standard InChI is InChI=1S/C16H27N3O2/c1-5-8-17-15-12-13(11-14(6-2)18-15)16(20)19(7-3)9-10-21-4/h11-12H,5-10H2,1-4H3,(H,17,18). The summed E-state index contributed by atoms with van der Waals surface area (Å²) in [5.74, 6) is 0.813. The van der Waals surface area contributed by atoms with Gasteiger partial charge in [-0.05, 0) is 31.9 Å². The van der Waals surface area contributed by atoms with Gasteiger partial charge >= 0.3 is 0 Å². The Hall–Kier alpha value is -1.62. The summed E-state index contributed by atoms with van der Waals surface area (Å²) >= 11 is 0. The first-order valence-corrected chi connectivity index (χ1v) is 7.69. The van der Waals surface area contributed by atoms with Gasteiger partial charge in [0.25, 0.3) is 5.91 Å². The minimum Gasteiger partial charge on any atom is -0.383 e. The van der Waals surface area contributed by atoms with Crippen LogP contribution in [0.25, 0.3) is 0 Å².